The van der Waals surface area contributed by atoms with Gasteiger partial charge in [0, 0.05) is 52.1 Å². The van der Waals surface area contributed by atoms with Crippen LogP contribution in [0.3, 0.4) is 0 Å². The van der Waals surface area contributed by atoms with Gasteiger partial charge in [-0.1, -0.05) is 43.0 Å². The number of aromatic nitrogens is 5. The van der Waals surface area contributed by atoms with Crippen molar-refractivity contribution >= 4 is 28.6 Å². The number of rotatable bonds is 4. The van der Waals surface area contributed by atoms with Crippen molar-refractivity contribution in [1.29, 1.82) is 0 Å². The second-order valence-corrected chi connectivity index (χ2v) is 10.3. The highest BCUT2D eigenvalue weighted by molar-refractivity contribution is 6.33. The molecule has 10 heteroatoms. The molecule has 1 unspecified atom stereocenters. The highest BCUT2D eigenvalue weighted by Gasteiger charge is 2.17. The number of halogens is 1. The first-order valence-electron chi connectivity index (χ1n) is 13.0. The molecule has 3 aromatic heterocycles. The molecular weight excluding hydrogens is 502 g/mol. The lowest BCUT2D eigenvalue weighted by molar-refractivity contribution is 0.195. The summed E-state index contributed by atoms with van der Waals surface area (Å²) < 4.78 is 5.36. The molecule has 1 saturated heterocycles. The lowest BCUT2D eigenvalue weighted by atomic mass is 9.97. The number of hydrogen-bond acceptors (Lipinski definition) is 8. The SMILES string of the molecule is Cc1cncc(-c2ccc(-c3cc4cnc(NC5CCOC5)nc4[nH]c3=O)c(Cl)c2)n1.NC1CCCCC1. The first-order chi connectivity index (χ1) is 18.5. The molecule has 4 N–H and O–H groups in total. The summed E-state index contributed by atoms with van der Waals surface area (Å²) in [5, 5.41) is 4.40. The van der Waals surface area contributed by atoms with Crippen LogP contribution in [0.5, 0.6) is 0 Å². The van der Waals surface area contributed by atoms with Gasteiger partial charge >= 0.3 is 0 Å². The fourth-order valence-corrected chi connectivity index (χ4v) is 5.01. The van der Waals surface area contributed by atoms with Crippen molar-refractivity contribution in [2.75, 3.05) is 18.5 Å². The van der Waals surface area contributed by atoms with Gasteiger partial charge in [-0.2, -0.15) is 4.98 Å². The lowest BCUT2D eigenvalue weighted by Crippen LogP contribution is -2.22. The van der Waals surface area contributed by atoms with Gasteiger partial charge in [0.05, 0.1) is 30.2 Å². The lowest BCUT2D eigenvalue weighted by Gasteiger charge is -2.15. The predicted octanol–water partition coefficient (Wildman–Crippen LogP) is 4.88. The number of nitrogens with two attached hydrogens (primary N) is 1. The predicted molar refractivity (Wildman–Crippen MR) is 150 cm³/mol. The smallest absolute Gasteiger partial charge is 0.257 e. The van der Waals surface area contributed by atoms with Gasteiger partial charge in [0.15, 0.2) is 0 Å². The van der Waals surface area contributed by atoms with Crippen LogP contribution in [0.4, 0.5) is 5.95 Å². The van der Waals surface area contributed by atoms with Crippen molar-refractivity contribution in [3.8, 4) is 22.4 Å². The molecule has 0 bridgehead atoms. The topological polar surface area (TPSA) is 132 Å². The number of anilines is 1. The van der Waals surface area contributed by atoms with Crippen LogP contribution in [0.25, 0.3) is 33.4 Å². The Labute approximate surface area is 226 Å². The average Bonchev–Trinajstić information content (AvgIpc) is 3.42. The summed E-state index contributed by atoms with van der Waals surface area (Å²) in [5.74, 6) is 0.466. The van der Waals surface area contributed by atoms with E-state index >= 15 is 0 Å². The Hall–Kier alpha value is -3.40. The molecule has 1 saturated carbocycles. The van der Waals surface area contributed by atoms with E-state index in [1.807, 2.05) is 19.1 Å². The van der Waals surface area contributed by atoms with Gasteiger partial charge in [0.2, 0.25) is 5.95 Å². The molecule has 0 radical (unpaired) electrons. The third kappa shape index (κ3) is 6.35. The molecule has 2 fully saturated rings. The van der Waals surface area contributed by atoms with Crippen LogP contribution in [0.2, 0.25) is 5.02 Å². The Morgan fingerprint density at radius 1 is 1.05 bits per heavy atom. The van der Waals surface area contributed by atoms with E-state index in [9.17, 15) is 4.79 Å². The van der Waals surface area contributed by atoms with E-state index in [-0.39, 0.29) is 11.6 Å². The molecule has 6 rings (SSSR count). The fourth-order valence-electron chi connectivity index (χ4n) is 4.72. The van der Waals surface area contributed by atoms with E-state index in [1.54, 1.807) is 30.7 Å². The van der Waals surface area contributed by atoms with E-state index in [1.165, 1.54) is 32.1 Å². The third-order valence-electron chi connectivity index (χ3n) is 6.82. The van der Waals surface area contributed by atoms with Crippen molar-refractivity contribution in [1.82, 2.24) is 24.9 Å². The maximum atomic E-state index is 12.8. The van der Waals surface area contributed by atoms with Crippen LogP contribution in [0.15, 0.2) is 47.7 Å². The number of aromatic amines is 1. The Kier molecular flexibility index (Phi) is 8.26. The second kappa shape index (κ2) is 12.0. The van der Waals surface area contributed by atoms with Crippen LogP contribution in [0.1, 0.15) is 44.2 Å². The zero-order chi connectivity index (χ0) is 26.5. The van der Waals surface area contributed by atoms with Gasteiger partial charge in [-0.25, -0.2) is 9.97 Å². The molecular formula is C28H32ClN7O2. The summed E-state index contributed by atoms with van der Waals surface area (Å²) in [6.07, 6.45) is 12.6. The van der Waals surface area contributed by atoms with E-state index in [4.69, 9.17) is 22.1 Å². The molecule has 4 heterocycles. The average molecular weight is 534 g/mol. The van der Waals surface area contributed by atoms with Gasteiger partial charge in [-0.05, 0) is 38.3 Å². The molecule has 1 aromatic carbocycles. The van der Waals surface area contributed by atoms with Crippen molar-refractivity contribution in [2.24, 2.45) is 5.73 Å². The van der Waals surface area contributed by atoms with Gasteiger partial charge in [-0.15, -0.1) is 0 Å². The number of hydrogen-bond donors (Lipinski definition) is 3. The minimum Gasteiger partial charge on any atom is -0.379 e. The van der Waals surface area contributed by atoms with Crippen LogP contribution in [-0.2, 0) is 4.74 Å². The number of aryl methyl sites for hydroxylation is 1. The largest absolute Gasteiger partial charge is 0.379 e. The molecule has 1 aliphatic heterocycles. The summed E-state index contributed by atoms with van der Waals surface area (Å²) >= 11 is 6.54. The molecule has 1 aliphatic carbocycles. The van der Waals surface area contributed by atoms with Gasteiger partial charge in [0.1, 0.15) is 5.65 Å². The number of nitrogens with one attached hydrogen (secondary N) is 2. The van der Waals surface area contributed by atoms with Crippen molar-refractivity contribution < 1.29 is 4.74 Å². The summed E-state index contributed by atoms with van der Waals surface area (Å²) in [5.41, 5.74) is 9.28. The molecule has 2 aliphatic rings. The third-order valence-corrected chi connectivity index (χ3v) is 7.13. The van der Waals surface area contributed by atoms with Gasteiger partial charge in [0.25, 0.3) is 5.56 Å². The number of nitrogens with zero attached hydrogens (tertiary/aromatic N) is 4. The quantitative estimate of drug-likeness (QED) is 0.338. The zero-order valence-electron chi connectivity index (χ0n) is 21.4. The maximum absolute atomic E-state index is 12.8. The van der Waals surface area contributed by atoms with E-state index in [0.717, 1.165) is 30.0 Å². The normalized spacial score (nSPS) is 17.7. The summed E-state index contributed by atoms with van der Waals surface area (Å²) in [6, 6.07) is 7.95. The number of fused-ring (bicyclic) bond motifs is 1. The Bertz CT molecular complexity index is 1460. The minimum absolute atomic E-state index is 0.179. The van der Waals surface area contributed by atoms with E-state index in [2.05, 4.69) is 30.2 Å². The Morgan fingerprint density at radius 2 is 1.89 bits per heavy atom. The van der Waals surface area contributed by atoms with E-state index < -0.39 is 0 Å². The highest BCUT2D eigenvalue weighted by atomic mass is 35.5. The molecule has 9 nitrogen and oxygen atoms in total. The second-order valence-electron chi connectivity index (χ2n) is 9.85. The van der Waals surface area contributed by atoms with Crippen LogP contribution < -0.4 is 16.6 Å². The molecule has 0 spiro atoms. The number of pyridine rings is 1. The fraction of sp³-hybridized carbons (Fsp3) is 0.393. The molecule has 1 atom stereocenters. The first-order valence-corrected chi connectivity index (χ1v) is 13.4. The number of benzene rings is 1. The number of H-pyrrole nitrogens is 1. The first kappa shape index (κ1) is 26.2. The summed E-state index contributed by atoms with van der Waals surface area (Å²) in [7, 11) is 0. The maximum Gasteiger partial charge on any atom is 0.257 e. The summed E-state index contributed by atoms with van der Waals surface area (Å²) in [6.45, 7) is 3.23. The van der Waals surface area contributed by atoms with Gasteiger partial charge in [-0.3, -0.25) is 9.78 Å². The van der Waals surface area contributed by atoms with Crippen molar-refractivity contribution in [3.63, 3.8) is 0 Å². The summed E-state index contributed by atoms with van der Waals surface area (Å²) in [4.78, 5) is 33.1. The highest BCUT2D eigenvalue weighted by Crippen LogP contribution is 2.31. The number of ether oxygens (including phenoxy) is 1. The monoisotopic (exact) mass is 533 g/mol. The van der Waals surface area contributed by atoms with Crippen molar-refractivity contribution in [2.45, 2.75) is 57.5 Å². The molecule has 4 aromatic rings. The van der Waals surface area contributed by atoms with Crippen LogP contribution in [-0.4, -0.2) is 50.2 Å². The zero-order valence-corrected chi connectivity index (χ0v) is 22.2. The van der Waals surface area contributed by atoms with Crippen LogP contribution >= 0.6 is 11.6 Å². The van der Waals surface area contributed by atoms with Crippen molar-refractivity contribution in [3.05, 3.63) is 63.9 Å². The Morgan fingerprint density at radius 3 is 2.58 bits per heavy atom. The Balaban J connectivity index is 0.000000366. The molecule has 0 amide bonds. The molecule has 38 heavy (non-hydrogen) atoms. The van der Waals surface area contributed by atoms with E-state index in [0.29, 0.717) is 45.8 Å². The molecule has 198 valence electrons. The van der Waals surface area contributed by atoms with Gasteiger partial charge < -0.3 is 20.8 Å². The minimum atomic E-state index is -0.272. The standard InChI is InChI=1S/C22H19ClN6O2.C6H13N/c1-12-8-24-10-19(26-12)13-2-3-16(18(23)7-13)17-6-14-9-25-22(27-15-4-5-31-11-15)29-20(14)28-21(17)30;7-6-4-2-1-3-5-6/h2-3,6-10,15H,4-5,11H2,1H3,(H2,25,27,28,29,30);6H,1-5,7H2. The van der Waals surface area contributed by atoms with Crippen LogP contribution in [0, 0.1) is 6.92 Å².